The molecular weight excluding hydrogens is 376 g/mol. The molecule has 0 radical (unpaired) electrons. The summed E-state index contributed by atoms with van der Waals surface area (Å²) < 4.78 is 28.6. The van der Waals surface area contributed by atoms with Crippen molar-refractivity contribution >= 4 is 53.2 Å². The molecule has 5 nitrogen and oxygen atoms in total. The number of halogens is 1. The summed E-state index contributed by atoms with van der Waals surface area (Å²) in [5.74, 6) is 0. The number of sulfonamides is 1. The molecule has 2 aromatic carbocycles. The van der Waals surface area contributed by atoms with E-state index in [0.29, 0.717) is 20.4 Å². The van der Waals surface area contributed by atoms with Gasteiger partial charge in [-0.25, -0.2) is 8.42 Å². The Balaban J connectivity index is 2.03. The van der Waals surface area contributed by atoms with Gasteiger partial charge in [0.05, 0.1) is 20.8 Å². The van der Waals surface area contributed by atoms with Crippen molar-refractivity contribution in [3.63, 3.8) is 0 Å². The van der Waals surface area contributed by atoms with Gasteiger partial charge in [0.15, 0.2) is 0 Å². The molecule has 0 aliphatic rings. The molecule has 0 amide bonds. The lowest BCUT2D eigenvalue weighted by Crippen LogP contribution is -2.13. The average molecular weight is 385 g/mol. The van der Waals surface area contributed by atoms with Crippen LogP contribution in [0.15, 0.2) is 56.6 Å². The van der Waals surface area contributed by atoms with E-state index in [1.165, 1.54) is 12.1 Å². The lowest BCUT2D eigenvalue weighted by Gasteiger charge is -2.09. The maximum atomic E-state index is 12.4. The third kappa shape index (κ3) is 2.87. The summed E-state index contributed by atoms with van der Waals surface area (Å²) in [6.07, 6.45) is 0. The number of nitrogens with one attached hydrogen (secondary N) is 2. The second-order valence-electron chi connectivity index (χ2n) is 4.26. The van der Waals surface area contributed by atoms with E-state index in [0.717, 1.165) is 11.3 Å². The summed E-state index contributed by atoms with van der Waals surface area (Å²) >= 11 is 4.27. The highest BCUT2D eigenvalue weighted by Gasteiger charge is 2.16. The number of anilines is 1. The van der Waals surface area contributed by atoms with Gasteiger partial charge in [-0.3, -0.25) is 9.52 Å². The Morgan fingerprint density at radius 3 is 2.67 bits per heavy atom. The van der Waals surface area contributed by atoms with Gasteiger partial charge in [0.25, 0.3) is 10.0 Å². The van der Waals surface area contributed by atoms with Crippen LogP contribution in [0, 0.1) is 0 Å². The standard InChI is InChI=1S/C13H9BrN2O3S2/c14-9-3-1-2-4-10(9)16-21(18,19)8-5-6-11-12(7-8)20-13(17)15-11/h1-7,16H,(H,15,17). The molecule has 0 saturated heterocycles. The van der Waals surface area contributed by atoms with Gasteiger partial charge in [0, 0.05) is 4.47 Å². The largest absolute Gasteiger partial charge is 0.312 e. The van der Waals surface area contributed by atoms with Crippen molar-refractivity contribution in [2.45, 2.75) is 4.90 Å². The fourth-order valence-electron chi connectivity index (χ4n) is 1.84. The van der Waals surface area contributed by atoms with E-state index < -0.39 is 10.0 Å². The molecule has 2 N–H and O–H groups in total. The zero-order valence-corrected chi connectivity index (χ0v) is 13.7. The summed E-state index contributed by atoms with van der Waals surface area (Å²) in [6, 6.07) is 11.5. The van der Waals surface area contributed by atoms with Crippen LogP contribution in [-0.4, -0.2) is 13.4 Å². The van der Waals surface area contributed by atoms with Gasteiger partial charge < -0.3 is 4.98 Å². The number of para-hydroxylation sites is 1. The van der Waals surface area contributed by atoms with E-state index in [-0.39, 0.29) is 9.77 Å². The topological polar surface area (TPSA) is 79.0 Å². The SMILES string of the molecule is O=c1[nH]c2ccc(S(=O)(=O)Nc3ccccc3Br)cc2s1. The minimum atomic E-state index is -3.71. The molecule has 3 aromatic rings. The molecule has 0 aliphatic carbocycles. The molecule has 3 rings (SSSR count). The van der Waals surface area contributed by atoms with Gasteiger partial charge in [0.1, 0.15) is 0 Å². The molecule has 0 bridgehead atoms. The summed E-state index contributed by atoms with van der Waals surface area (Å²) in [4.78, 5) is 13.8. The summed E-state index contributed by atoms with van der Waals surface area (Å²) in [5.41, 5.74) is 1.09. The molecule has 108 valence electrons. The van der Waals surface area contributed by atoms with E-state index in [9.17, 15) is 13.2 Å². The van der Waals surface area contributed by atoms with E-state index in [4.69, 9.17) is 0 Å². The Morgan fingerprint density at radius 1 is 1.14 bits per heavy atom. The van der Waals surface area contributed by atoms with E-state index in [2.05, 4.69) is 25.6 Å². The zero-order valence-electron chi connectivity index (χ0n) is 10.5. The quantitative estimate of drug-likeness (QED) is 0.727. The van der Waals surface area contributed by atoms with E-state index in [1.54, 1.807) is 30.3 Å². The molecule has 21 heavy (non-hydrogen) atoms. The third-order valence-electron chi connectivity index (χ3n) is 2.82. The molecule has 0 atom stereocenters. The van der Waals surface area contributed by atoms with Crippen LogP contribution in [0.4, 0.5) is 5.69 Å². The van der Waals surface area contributed by atoms with Crippen molar-refractivity contribution in [2.75, 3.05) is 4.72 Å². The van der Waals surface area contributed by atoms with Crippen molar-refractivity contribution in [1.29, 1.82) is 0 Å². The van der Waals surface area contributed by atoms with Gasteiger partial charge in [-0.1, -0.05) is 23.5 Å². The number of hydrogen-bond donors (Lipinski definition) is 2. The van der Waals surface area contributed by atoms with Crippen LogP contribution in [-0.2, 0) is 10.0 Å². The van der Waals surface area contributed by atoms with Crippen LogP contribution >= 0.6 is 27.3 Å². The molecule has 1 heterocycles. The smallest absolute Gasteiger partial charge is 0.305 e. The van der Waals surface area contributed by atoms with Crippen molar-refractivity contribution in [3.8, 4) is 0 Å². The van der Waals surface area contributed by atoms with Gasteiger partial charge >= 0.3 is 4.87 Å². The maximum absolute atomic E-state index is 12.4. The number of thiazole rings is 1. The second kappa shape index (κ2) is 5.28. The van der Waals surface area contributed by atoms with E-state index >= 15 is 0 Å². The van der Waals surface area contributed by atoms with Gasteiger partial charge in [0.2, 0.25) is 0 Å². The van der Waals surface area contributed by atoms with Crippen LogP contribution in [0.3, 0.4) is 0 Å². The lowest BCUT2D eigenvalue weighted by atomic mass is 10.3. The summed E-state index contributed by atoms with van der Waals surface area (Å²) in [5, 5.41) is 0. The lowest BCUT2D eigenvalue weighted by molar-refractivity contribution is 0.601. The number of rotatable bonds is 3. The number of aromatic nitrogens is 1. The molecule has 0 fully saturated rings. The Kier molecular flexibility index (Phi) is 3.60. The predicted molar refractivity (Wildman–Crippen MR) is 87.4 cm³/mol. The first-order valence-electron chi connectivity index (χ1n) is 5.86. The minimum absolute atomic E-state index is 0.112. The number of fused-ring (bicyclic) bond motifs is 1. The highest BCUT2D eigenvalue weighted by Crippen LogP contribution is 2.26. The maximum Gasteiger partial charge on any atom is 0.305 e. The fourth-order valence-corrected chi connectivity index (χ4v) is 4.31. The summed E-state index contributed by atoms with van der Waals surface area (Å²) in [6.45, 7) is 0. The highest BCUT2D eigenvalue weighted by atomic mass is 79.9. The molecule has 1 aromatic heterocycles. The number of H-pyrrole nitrogens is 1. The van der Waals surface area contributed by atoms with Gasteiger partial charge in [-0.15, -0.1) is 0 Å². The Hall–Kier alpha value is -1.64. The zero-order chi connectivity index (χ0) is 15.0. The van der Waals surface area contributed by atoms with Gasteiger partial charge in [-0.05, 0) is 46.3 Å². The fraction of sp³-hybridized carbons (Fsp3) is 0. The summed E-state index contributed by atoms with van der Waals surface area (Å²) in [7, 11) is -3.71. The molecular formula is C13H9BrN2O3S2. The Bertz CT molecular complexity index is 976. The normalized spacial score (nSPS) is 11.7. The molecule has 0 aliphatic heterocycles. The first-order valence-corrected chi connectivity index (χ1v) is 8.95. The minimum Gasteiger partial charge on any atom is -0.312 e. The van der Waals surface area contributed by atoms with Crippen LogP contribution in [0.25, 0.3) is 10.2 Å². The molecule has 0 saturated carbocycles. The number of aromatic amines is 1. The predicted octanol–water partition coefficient (Wildman–Crippen LogP) is 3.15. The molecule has 0 spiro atoms. The van der Waals surface area contributed by atoms with Crippen molar-refractivity contribution in [3.05, 3.63) is 56.6 Å². The highest BCUT2D eigenvalue weighted by molar-refractivity contribution is 9.10. The Labute approximate surface area is 132 Å². The first kappa shape index (κ1) is 14.3. The van der Waals surface area contributed by atoms with Crippen LogP contribution in [0.1, 0.15) is 0 Å². The Morgan fingerprint density at radius 2 is 1.90 bits per heavy atom. The third-order valence-corrected chi connectivity index (χ3v) is 5.72. The monoisotopic (exact) mass is 384 g/mol. The van der Waals surface area contributed by atoms with Crippen LogP contribution in [0.2, 0.25) is 0 Å². The molecule has 0 unspecified atom stereocenters. The van der Waals surface area contributed by atoms with Crippen molar-refractivity contribution in [1.82, 2.24) is 4.98 Å². The first-order chi connectivity index (χ1) is 9.95. The number of benzene rings is 2. The van der Waals surface area contributed by atoms with E-state index in [1.807, 2.05) is 0 Å². The molecule has 8 heteroatoms. The van der Waals surface area contributed by atoms with Crippen molar-refractivity contribution < 1.29 is 8.42 Å². The number of hydrogen-bond acceptors (Lipinski definition) is 4. The average Bonchev–Trinajstić information content (AvgIpc) is 2.80. The van der Waals surface area contributed by atoms with Crippen molar-refractivity contribution in [2.24, 2.45) is 0 Å². The van der Waals surface area contributed by atoms with Crippen LogP contribution in [0.5, 0.6) is 0 Å². The van der Waals surface area contributed by atoms with Gasteiger partial charge in [-0.2, -0.15) is 0 Å². The van der Waals surface area contributed by atoms with Crippen LogP contribution < -0.4 is 9.60 Å². The second-order valence-corrected chi connectivity index (χ2v) is 7.81.